The number of nitrogens with zero attached hydrogens (tertiary/aromatic N) is 2. The Hall–Kier alpha value is -1.14. The van der Waals surface area contributed by atoms with Gasteiger partial charge in [-0.05, 0) is 46.0 Å². The molecule has 5 nitrogen and oxygen atoms in total. The zero-order valence-electron chi connectivity index (χ0n) is 13.4. The third kappa shape index (κ3) is 2.99. The van der Waals surface area contributed by atoms with Crippen LogP contribution in [0, 0.1) is 5.92 Å². The van der Waals surface area contributed by atoms with Gasteiger partial charge in [0.25, 0.3) is 0 Å². The van der Waals surface area contributed by atoms with Crippen LogP contribution in [0.25, 0.3) is 0 Å². The van der Waals surface area contributed by atoms with Gasteiger partial charge in [0.05, 0.1) is 11.2 Å². The number of thiazole rings is 1. The molecule has 1 saturated carbocycles. The van der Waals surface area contributed by atoms with Crippen molar-refractivity contribution in [2.45, 2.75) is 63.7 Å². The van der Waals surface area contributed by atoms with Crippen LogP contribution in [-0.2, 0) is 10.3 Å². The van der Waals surface area contributed by atoms with Gasteiger partial charge < -0.3 is 14.7 Å². The highest BCUT2D eigenvalue weighted by Gasteiger charge is 2.51. The fourth-order valence-corrected chi connectivity index (χ4v) is 4.36. The summed E-state index contributed by atoms with van der Waals surface area (Å²) < 4.78 is 5.54. The van der Waals surface area contributed by atoms with Crippen LogP contribution in [0.4, 0.5) is 4.79 Å². The number of carbonyl (C=O) groups excluding carboxylic acids is 1. The minimum absolute atomic E-state index is 0.0512. The quantitative estimate of drug-likeness (QED) is 0.862. The first-order chi connectivity index (χ1) is 10.3. The van der Waals surface area contributed by atoms with Crippen molar-refractivity contribution in [3.63, 3.8) is 0 Å². The molecule has 0 radical (unpaired) electrons. The number of piperidine rings is 1. The number of hydrogen-bond donors (Lipinski definition) is 1. The zero-order valence-corrected chi connectivity index (χ0v) is 14.2. The Morgan fingerprint density at radius 3 is 2.91 bits per heavy atom. The zero-order chi connectivity index (χ0) is 16.0. The maximum atomic E-state index is 12.5. The highest BCUT2D eigenvalue weighted by atomic mass is 32.1. The lowest BCUT2D eigenvalue weighted by Crippen LogP contribution is -2.48. The summed E-state index contributed by atoms with van der Waals surface area (Å²) in [6.07, 6.45) is 3.00. The molecule has 1 aromatic heterocycles. The first kappa shape index (κ1) is 15.7. The molecule has 1 aliphatic heterocycles. The number of likely N-dealkylation sites (tertiary alicyclic amines) is 1. The Balaban J connectivity index is 1.78. The molecule has 0 aromatic carbocycles. The van der Waals surface area contributed by atoms with E-state index in [1.165, 1.54) is 11.3 Å². The molecular weight excluding hydrogens is 300 g/mol. The summed E-state index contributed by atoms with van der Waals surface area (Å²) in [5.41, 5.74) is 1.10. The van der Waals surface area contributed by atoms with Gasteiger partial charge >= 0.3 is 6.09 Å². The summed E-state index contributed by atoms with van der Waals surface area (Å²) >= 11 is 1.50. The van der Waals surface area contributed by atoms with E-state index >= 15 is 0 Å². The number of aromatic nitrogens is 1. The Kier molecular flexibility index (Phi) is 3.93. The first-order valence-electron chi connectivity index (χ1n) is 7.89. The Morgan fingerprint density at radius 1 is 1.50 bits per heavy atom. The minimum Gasteiger partial charge on any atom is -0.444 e. The topological polar surface area (TPSA) is 62.7 Å². The van der Waals surface area contributed by atoms with Crippen LogP contribution in [0.15, 0.2) is 10.9 Å². The molecule has 1 N–H and O–H groups in total. The number of amides is 1. The average Bonchev–Trinajstić information content (AvgIpc) is 3.02. The maximum absolute atomic E-state index is 12.5. The Labute approximate surface area is 135 Å². The normalized spacial score (nSPS) is 31.9. The average molecular weight is 324 g/mol. The monoisotopic (exact) mass is 324 g/mol. The molecule has 1 aromatic rings. The largest absolute Gasteiger partial charge is 0.444 e. The van der Waals surface area contributed by atoms with E-state index in [1.807, 2.05) is 31.1 Å². The van der Waals surface area contributed by atoms with Gasteiger partial charge in [-0.1, -0.05) is 0 Å². The standard InChI is InChI=1S/C16H24N2O3S/c1-15(2,3)21-14(19)18-6-4-5-11-7-16(20,8-12(11)18)13-9-22-10-17-13/h9-12,20H,4-8H2,1-3H3. The van der Waals surface area contributed by atoms with Crippen LogP contribution in [0.5, 0.6) is 0 Å². The van der Waals surface area contributed by atoms with Crippen LogP contribution in [0.2, 0.25) is 0 Å². The van der Waals surface area contributed by atoms with Crippen molar-refractivity contribution in [3.8, 4) is 0 Å². The molecule has 22 heavy (non-hydrogen) atoms. The van der Waals surface area contributed by atoms with Crippen LogP contribution in [0.3, 0.4) is 0 Å². The van der Waals surface area contributed by atoms with Gasteiger partial charge in [0, 0.05) is 24.4 Å². The van der Waals surface area contributed by atoms with E-state index in [9.17, 15) is 9.90 Å². The lowest BCUT2D eigenvalue weighted by molar-refractivity contribution is 0.000627. The van der Waals surface area contributed by atoms with Gasteiger partial charge in [-0.15, -0.1) is 11.3 Å². The number of rotatable bonds is 1. The van der Waals surface area contributed by atoms with Crippen LogP contribution in [0.1, 0.15) is 52.1 Å². The predicted octanol–water partition coefficient (Wildman–Crippen LogP) is 3.14. The second kappa shape index (κ2) is 5.49. The fraction of sp³-hybridized carbons (Fsp3) is 0.750. The van der Waals surface area contributed by atoms with Crippen molar-refractivity contribution in [3.05, 3.63) is 16.6 Å². The number of fused-ring (bicyclic) bond motifs is 1. The van der Waals surface area contributed by atoms with E-state index in [1.54, 1.807) is 5.51 Å². The Morgan fingerprint density at radius 2 is 2.27 bits per heavy atom. The molecule has 0 spiro atoms. The summed E-state index contributed by atoms with van der Waals surface area (Å²) in [4.78, 5) is 18.6. The molecule has 2 heterocycles. The van der Waals surface area contributed by atoms with Crippen molar-refractivity contribution >= 4 is 17.4 Å². The van der Waals surface area contributed by atoms with Crippen molar-refractivity contribution in [1.82, 2.24) is 9.88 Å². The van der Waals surface area contributed by atoms with E-state index in [4.69, 9.17) is 4.74 Å². The molecular formula is C16H24N2O3S. The van der Waals surface area contributed by atoms with Gasteiger partial charge in [-0.3, -0.25) is 0 Å². The summed E-state index contributed by atoms with van der Waals surface area (Å²) in [5.74, 6) is 0.327. The smallest absolute Gasteiger partial charge is 0.410 e. The molecule has 3 atom stereocenters. The number of ether oxygens (including phenoxy) is 1. The van der Waals surface area contributed by atoms with E-state index in [0.717, 1.165) is 18.5 Å². The van der Waals surface area contributed by atoms with Gasteiger partial charge in [0.1, 0.15) is 11.2 Å². The molecule has 122 valence electrons. The number of hydrogen-bond acceptors (Lipinski definition) is 5. The molecule has 0 bridgehead atoms. The van der Waals surface area contributed by atoms with E-state index < -0.39 is 11.2 Å². The number of aliphatic hydroxyl groups is 1. The van der Waals surface area contributed by atoms with Gasteiger partial charge in [0.2, 0.25) is 0 Å². The van der Waals surface area contributed by atoms with Crippen LogP contribution in [-0.4, -0.2) is 39.3 Å². The van der Waals surface area contributed by atoms with Crippen molar-refractivity contribution in [1.29, 1.82) is 0 Å². The molecule has 1 amide bonds. The van der Waals surface area contributed by atoms with E-state index in [0.29, 0.717) is 25.3 Å². The summed E-state index contributed by atoms with van der Waals surface area (Å²) in [6.45, 7) is 6.36. The lowest BCUT2D eigenvalue weighted by Gasteiger charge is -2.38. The van der Waals surface area contributed by atoms with Gasteiger partial charge in [0.15, 0.2) is 0 Å². The molecule has 1 aliphatic carbocycles. The summed E-state index contributed by atoms with van der Waals surface area (Å²) in [7, 11) is 0. The molecule has 6 heteroatoms. The van der Waals surface area contributed by atoms with E-state index in [2.05, 4.69) is 4.98 Å². The van der Waals surface area contributed by atoms with Crippen molar-refractivity contribution in [2.75, 3.05) is 6.54 Å². The van der Waals surface area contributed by atoms with Crippen LogP contribution < -0.4 is 0 Å². The SMILES string of the molecule is CC(C)(C)OC(=O)N1CCCC2CC(O)(c3cscn3)CC21. The Bertz CT molecular complexity index is 540. The number of carbonyl (C=O) groups is 1. The molecule has 1 saturated heterocycles. The molecule has 2 fully saturated rings. The maximum Gasteiger partial charge on any atom is 0.410 e. The highest BCUT2D eigenvalue weighted by molar-refractivity contribution is 7.07. The molecule has 2 aliphatic rings. The van der Waals surface area contributed by atoms with Crippen LogP contribution >= 0.6 is 11.3 Å². The third-order valence-corrected chi connectivity index (χ3v) is 5.19. The lowest BCUT2D eigenvalue weighted by atomic mass is 9.91. The second-order valence-corrected chi connectivity index (χ2v) is 8.18. The third-order valence-electron chi connectivity index (χ3n) is 4.60. The van der Waals surface area contributed by atoms with Crippen molar-refractivity contribution < 1.29 is 14.6 Å². The highest BCUT2D eigenvalue weighted by Crippen LogP contribution is 2.47. The predicted molar refractivity (Wildman–Crippen MR) is 84.7 cm³/mol. The van der Waals surface area contributed by atoms with Gasteiger partial charge in [-0.25, -0.2) is 9.78 Å². The van der Waals surface area contributed by atoms with Gasteiger partial charge in [-0.2, -0.15) is 0 Å². The minimum atomic E-state index is -0.903. The first-order valence-corrected chi connectivity index (χ1v) is 8.83. The van der Waals surface area contributed by atoms with Crippen molar-refractivity contribution in [2.24, 2.45) is 5.92 Å². The summed E-state index contributed by atoms with van der Waals surface area (Å²) in [5, 5.41) is 12.9. The fourth-order valence-electron chi connectivity index (χ4n) is 3.71. The second-order valence-electron chi connectivity index (χ2n) is 7.46. The molecule has 3 rings (SSSR count). The summed E-state index contributed by atoms with van der Waals surface area (Å²) in [6, 6.07) is 0.0512. The molecule has 3 unspecified atom stereocenters. The van der Waals surface area contributed by atoms with E-state index in [-0.39, 0.29) is 12.1 Å².